The number of nitrogens with one attached hydrogen (secondary N) is 1. The van der Waals surface area contributed by atoms with Gasteiger partial charge in [-0.05, 0) is 37.3 Å². The first-order valence-electron chi connectivity index (χ1n) is 7.02. The second-order valence-electron chi connectivity index (χ2n) is 5.45. The summed E-state index contributed by atoms with van der Waals surface area (Å²) in [5.41, 5.74) is 0. The summed E-state index contributed by atoms with van der Waals surface area (Å²) in [6, 6.07) is 1.98. The maximum absolute atomic E-state index is 4.19. The Bertz CT molecular complexity index is 294. The molecular formula is C14H25N3. The minimum Gasteiger partial charge on any atom is -0.315 e. The van der Waals surface area contributed by atoms with Crippen molar-refractivity contribution in [2.24, 2.45) is 11.8 Å². The Morgan fingerprint density at radius 3 is 3.06 bits per heavy atom. The van der Waals surface area contributed by atoms with Gasteiger partial charge in [-0.1, -0.05) is 26.2 Å². The summed E-state index contributed by atoms with van der Waals surface area (Å²) >= 11 is 0. The van der Waals surface area contributed by atoms with Gasteiger partial charge < -0.3 is 5.32 Å². The molecule has 3 heteroatoms. The van der Waals surface area contributed by atoms with Gasteiger partial charge in [-0.25, -0.2) is 0 Å². The van der Waals surface area contributed by atoms with E-state index in [1.54, 1.807) is 0 Å². The fourth-order valence-corrected chi connectivity index (χ4v) is 2.88. The molecule has 0 amide bonds. The smallest absolute Gasteiger partial charge is 0.0533 e. The third-order valence-electron chi connectivity index (χ3n) is 3.85. The summed E-state index contributed by atoms with van der Waals surface area (Å²) in [6.07, 6.45) is 11.0. The maximum atomic E-state index is 4.19. The Morgan fingerprint density at radius 2 is 2.29 bits per heavy atom. The van der Waals surface area contributed by atoms with Crippen molar-refractivity contribution in [3.05, 3.63) is 18.5 Å². The molecule has 2 atom stereocenters. The summed E-state index contributed by atoms with van der Waals surface area (Å²) in [6.45, 7) is 5.58. The molecular weight excluding hydrogens is 210 g/mol. The lowest BCUT2D eigenvalue weighted by atomic mass is 9.81. The van der Waals surface area contributed by atoms with Crippen molar-refractivity contribution in [3.8, 4) is 0 Å². The standard InChI is InChI=1S/C14H25N3/c1-13-4-2-5-14(12-13)6-8-15-9-11-17-10-3-7-16-17/h3,7,10,13-15H,2,4-6,8-9,11-12H2,1H3. The van der Waals surface area contributed by atoms with Crippen LogP contribution in [0.25, 0.3) is 0 Å². The van der Waals surface area contributed by atoms with Crippen molar-refractivity contribution in [1.29, 1.82) is 0 Å². The third-order valence-corrected chi connectivity index (χ3v) is 3.85. The summed E-state index contributed by atoms with van der Waals surface area (Å²) in [5, 5.41) is 7.72. The van der Waals surface area contributed by atoms with E-state index in [9.17, 15) is 0 Å². The average molecular weight is 235 g/mol. The molecule has 3 nitrogen and oxygen atoms in total. The van der Waals surface area contributed by atoms with E-state index in [0.29, 0.717) is 0 Å². The molecule has 0 aromatic carbocycles. The lowest BCUT2D eigenvalue weighted by Gasteiger charge is -2.26. The Balaban J connectivity index is 1.51. The van der Waals surface area contributed by atoms with Gasteiger partial charge in [0, 0.05) is 18.9 Å². The van der Waals surface area contributed by atoms with E-state index >= 15 is 0 Å². The predicted molar refractivity (Wildman–Crippen MR) is 70.8 cm³/mol. The SMILES string of the molecule is CC1CCCC(CCNCCn2cccn2)C1. The molecule has 0 spiro atoms. The van der Waals surface area contributed by atoms with Gasteiger partial charge in [-0.3, -0.25) is 4.68 Å². The molecule has 0 aliphatic heterocycles. The lowest BCUT2D eigenvalue weighted by molar-refractivity contribution is 0.267. The highest BCUT2D eigenvalue weighted by molar-refractivity contribution is 4.77. The topological polar surface area (TPSA) is 29.9 Å². The van der Waals surface area contributed by atoms with Gasteiger partial charge in [-0.2, -0.15) is 5.10 Å². The van der Waals surface area contributed by atoms with Crippen LogP contribution in [0.5, 0.6) is 0 Å². The second-order valence-corrected chi connectivity index (χ2v) is 5.45. The summed E-state index contributed by atoms with van der Waals surface area (Å²) < 4.78 is 1.98. The second kappa shape index (κ2) is 6.80. The van der Waals surface area contributed by atoms with E-state index in [4.69, 9.17) is 0 Å². The van der Waals surface area contributed by atoms with Crippen molar-refractivity contribution < 1.29 is 0 Å². The third kappa shape index (κ3) is 4.50. The van der Waals surface area contributed by atoms with Crippen molar-refractivity contribution in [2.75, 3.05) is 13.1 Å². The molecule has 1 aliphatic rings. The van der Waals surface area contributed by atoms with Gasteiger partial charge in [0.05, 0.1) is 6.54 Å². The Morgan fingerprint density at radius 1 is 1.35 bits per heavy atom. The van der Waals surface area contributed by atoms with E-state index in [1.807, 2.05) is 23.1 Å². The highest BCUT2D eigenvalue weighted by Gasteiger charge is 2.17. The molecule has 0 radical (unpaired) electrons. The van der Waals surface area contributed by atoms with Gasteiger partial charge in [-0.15, -0.1) is 0 Å². The van der Waals surface area contributed by atoms with Crippen LogP contribution in [0.1, 0.15) is 39.0 Å². The molecule has 96 valence electrons. The molecule has 1 fully saturated rings. The van der Waals surface area contributed by atoms with Crippen LogP contribution in [0.2, 0.25) is 0 Å². The molecule has 1 aromatic rings. The highest BCUT2D eigenvalue weighted by Crippen LogP contribution is 2.30. The molecule has 1 N–H and O–H groups in total. The van der Waals surface area contributed by atoms with Gasteiger partial charge in [0.25, 0.3) is 0 Å². The van der Waals surface area contributed by atoms with Crippen molar-refractivity contribution in [3.63, 3.8) is 0 Å². The average Bonchev–Trinajstić information content (AvgIpc) is 2.82. The minimum absolute atomic E-state index is 0.956. The van der Waals surface area contributed by atoms with Crippen LogP contribution in [0.15, 0.2) is 18.5 Å². The molecule has 17 heavy (non-hydrogen) atoms. The fraction of sp³-hybridized carbons (Fsp3) is 0.786. The quantitative estimate of drug-likeness (QED) is 0.768. The van der Waals surface area contributed by atoms with Gasteiger partial charge in [0.2, 0.25) is 0 Å². The largest absolute Gasteiger partial charge is 0.315 e. The minimum atomic E-state index is 0.956. The van der Waals surface area contributed by atoms with Crippen LogP contribution in [0.4, 0.5) is 0 Å². The van der Waals surface area contributed by atoms with Crippen LogP contribution in [0, 0.1) is 11.8 Å². The van der Waals surface area contributed by atoms with E-state index in [2.05, 4.69) is 17.3 Å². The van der Waals surface area contributed by atoms with Crippen LogP contribution in [-0.4, -0.2) is 22.9 Å². The van der Waals surface area contributed by atoms with Crippen molar-refractivity contribution >= 4 is 0 Å². The molecule has 0 bridgehead atoms. The number of rotatable bonds is 6. The predicted octanol–water partition coefficient (Wildman–Crippen LogP) is 2.69. The van der Waals surface area contributed by atoms with Crippen LogP contribution in [0.3, 0.4) is 0 Å². The van der Waals surface area contributed by atoms with Gasteiger partial charge in [0.1, 0.15) is 0 Å². The molecule has 2 unspecified atom stereocenters. The molecule has 0 saturated heterocycles. The number of aromatic nitrogens is 2. The van der Waals surface area contributed by atoms with E-state index in [1.165, 1.54) is 38.6 Å². The van der Waals surface area contributed by atoms with Crippen LogP contribution >= 0.6 is 0 Å². The molecule has 1 aliphatic carbocycles. The van der Waals surface area contributed by atoms with Gasteiger partial charge in [0.15, 0.2) is 0 Å². The first-order valence-corrected chi connectivity index (χ1v) is 7.02. The summed E-state index contributed by atoms with van der Waals surface area (Å²) in [4.78, 5) is 0. The lowest BCUT2D eigenvalue weighted by Crippen LogP contribution is -2.24. The molecule has 2 rings (SSSR count). The zero-order valence-electron chi connectivity index (χ0n) is 10.9. The van der Waals surface area contributed by atoms with E-state index in [0.717, 1.165) is 24.9 Å². The van der Waals surface area contributed by atoms with E-state index in [-0.39, 0.29) is 0 Å². The fourth-order valence-electron chi connectivity index (χ4n) is 2.88. The normalized spacial score (nSPS) is 25.0. The maximum Gasteiger partial charge on any atom is 0.0533 e. The number of nitrogens with zero attached hydrogens (tertiary/aromatic N) is 2. The van der Waals surface area contributed by atoms with Crippen molar-refractivity contribution in [2.45, 2.75) is 45.6 Å². The molecule has 1 saturated carbocycles. The number of hydrogen-bond donors (Lipinski definition) is 1. The van der Waals surface area contributed by atoms with Crippen LogP contribution < -0.4 is 5.32 Å². The monoisotopic (exact) mass is 235 g/mol. The van der Waals surface area contributed by atoms with Gasteiger partial charge >= 0.3 is 0 Å². The first kappa shape index (κ1) is 12.6. The highest BCUT2D eigenvalue weighted by atomic mass is 15.3. The zero-order valence-corrected chi connectivity index (χ0v) is 10.9. The molecule has 1 heterocycles. The summed E-state index contributed by atoms with van der Waals surface area (Å²) in [7, 11) is 0. The number of hydrogen-bond acceptors (Lipinski definition) is 2. The Hall–Kier alpha value is -0.830. The Kier molecular flexibility index (Phi) is 5.05. The zero-order chi connectivity index (χ0) is 11.9. The first-order chi connectivity index (χ1) is 8.34. The Labute approximate surface area is 105 Å². The summed E-state index contributed by atoms with van der Waals surface area (Å²) in [5.74, 6) is 1.92. The van der Waals surface area contributed by atoms with Crippen molar-refractivity contribution in [1.82, 2.24) is 15.1 Å². The van der Waals surface area contributed by atoms with E-state index < -0.39 is 0 Å². The van der Waals surface area contributed by atoms with Crippen LogP contribution in [-0.2, 0) is 6.54 Å². The molecule has 1 aromatic heterocycles.